The molecule has 1 fully saturated rings. The van der Waals surface area contributed by atoms with Crippen LogP contribution in [0.25, 0.3) is 0 Å². The Morgan fingerprint density at radius 3 is 3.03 bits per heavy atom. The molecule has 1 aliphatic rings. The van der Waals surface area contributed by atoms with Gasteiger partial charge < -0.3 is 10.1 Å². The first kappa shape index (κ1) is 23.1. The van der Waals surface area contributed by atoms with Crippen LogP contribution in [0, 0.1) is 12.8 Å². The molecule has 6 heteroatoms. The highest BCUT2D eigenvalue weighted by molar-refractivity contribution is 5.30. The number of benzene rings is 1. The molecule has 0 unspecified atom stereocenters. The molecule has 1 aliphatic heterocycles. The maximum absolute atomic E-state index is 12.2. The summed E-state index contributed by atoms with van der Waals surface area (Å²) in [4.78, 5) is 22.1. The highest BCUT2D eigenvalue weighted by Crippen LogP contribution is 2.20. The maximum Gasteiger partial charge on any atom is 0.256 e. The Hall–Kier alpha value is -2.60. The molecule has 0 spiro atoms. The fraction of sp³-hybridized carbons (Fsp3) is 0.520. The molecule has 31 heavy (non-hydrogen) atoms. The highest BCUT2D eigenvalue weighted by atomic mass is 16.5. The van der Waals surface area contributed by atoms with Crippen molar-refractivity contribution in [3.63, 3.8) is 0 Å². The second kappa shape index (κ2) is 11.7. The fourth-order valence-electron chi connectivity index (χ4n) is 4.06. The highest BCUT2D eigenvalue weighted by Gasteiger charge is 2.16. The van der Waals surface area contributed by atoms with Gasteiger partial charge in [0.2, 0.25) is 5.95 Å². The first-order valence-electron chi connectivity index (χ1n) is 11.4. The van der Waals surface area contributed by atoms with Crippen LogP contribution in [0.3, 0.4) is 0 Å². The molecule has 1 atom stereocenters. The lowest BCUT2D eigenvalue weighted by Gasteiger charge is -2.30. The Bertz CT molecular complexity index is 922. The lowest BCUT2D eigenvalue weighted by Crippen LogP contribution is -2.33. The van der Waals surface area contributed by atoms with Gasteiger partial charge in [-0.2, -0.15) is 0 Å². The predicted molar refractivity (Wildman–Crippen MR) is 127 cm³/mol. The van der Waals surface area contributed by atoms with Gasteiger partial charge >= 0.3 is 0 Å². The lowest BCUT2D eigenvalue weighted by molar-refractivity contribution is 0.176. The average molecular weight is 425 g/mol. The van der Waals surface area contributed by atoms with E-state index >= 15 is 0 Å². The SMILES string of the molecule is C/C=C/Cc1c(C)nc(NCCCOc2cccc(CN3CCC[C@@H](C)C3)c2)[nH]c1=O. The maximum atomic E-state index is 12.2. The molecule has 3 rings (SSSR count). The number of aromatic amines is 1. The molecular formula is C25H36N4O2. The molecule has 1 aromatic carbocycles. The number of hydrogen-bond acceptors (Lipinski definition) is 5. The average Bonchev–Trinajstić information content (AvgIpc) is 2.73. The molecule has 2 aromatic rings. The summed E-state index contributed by atoms with van der Waals surface area (Å²) >= 11 is 0. The van der Waals surface area contributed by atoms with Crippen molar-refractivity contribution in [2.45, 2.75) is 53.0 Å². The zero-order valence-electron chi connectivity index (χ0n) is 19.1. The van der Waals surface area contributed by atoms with Gasteiger partial charge in [0.15, 0.2) is 0 Å². The summed E-state index contributed by atoms with van der Waals surface area (Å²) in [6.45, 7) is 10.8. The number of piperidine rings is 1. The number of rotatable bonds is 10. The summed E-state index contributed by atoms with van der Waals surface area (Å²) in [5.74, 6) is 2.22. The van der Waals surface area contributed by atoms with E-state index in [0.29, 0.717) is 31.1 Å². The van der Waals surface area contributed by atoms with Crippen molar-refractivity contribution >= 4 is 5.95 Å². The van der Waals surface area contributed by atoms with Crippen molar-refractivity contribution in [3.05, 3.63) is 63.6 Å². The van der Waals surface area contributed by atoms with Crippen LogP contribution in [0.4, 0.5) is 5.95 Å². The molecule has 2 N–H and O–H groups in total. The number of nitrogens with one attached hydrogen (secondary N) is 2. The lowest BCUT2D eigenvalue weighted by atomic mass is 10.00. The van der Waals surface area contributed by atoms with Crippen molar-refractivity contribution in [2.24, 2.45) is 5.92 Å². The fourth-order valence-corrected chi connectivity index (χ4v) is 4.06. The second-order valence-electron chi connectivity index (χ2n) is 8.51. The Balaban J connectivity index is 1.42. The number of aryl methyl sites for hydroxylation is 1. The molecule has 2 heterocycles. The van der Waals surface area contributed by atoms with Gasteiger partial charge in [0, 0.05) is 25.2 Å². The third-order valence-corrected chi connectivity index (χ3v) is 5.71. The van der Waals surface area contributed by atoms with Crippen LogP contribution in [0.15, 0.2) is 41.2 Å². The van der Waals surface area contributed by atoms with E-state index in [4.69, 9.17) is 4.74 Å². The number of ether oxygens (including phenoxy) is 1. The normalized spacial score (nSPS) is 17.2. The molecule has 0 amide bonds. The minimum absolute atomic E-state index is 0.0794. The van der Waals surface area contributed by atoms with E-state index in [1.165, 1.54) is 31.5 Å². The summed E-state index contributed by atoms with van der Waals surface area (Å²) < 4.78 is 5.95. The number of H-pyrrole nitrogens is 1. The van der Waals surface area contributed by atoms with Gasteiger partial charge in [0.25, 0.3) is 5.56 Å². The van der Waals surface area contributed by atoms with Crippen LogP contribution in [-0.2, 0) is 13.0 Å². The van der Waals surface area contributed by atoms with Gasteiger partial charge in [0.1, 0.15) is 5.75 Å². The summed E-state index contributed by atoms with van der Waals surface area (Å²) in [5, 5.41) is 3.19. The Kier molecular flexibility index (Phi) is 8.71. The van der Waals surface area contributed by atoms with Crippen molar-refractivity contribution in [1.82, 2.24) is 14.9 Å². The van der Waals surface area contributed by atoms with E-state index in [2.05, 4.69) is 45.3 Å². The molecule has 6 nitrogen and oxygen atoms in total. The van der Waals surface area contributed by atoms with Crippen molar-refractivity contribution in [1.29, 1.82) is 0 Å². The Morgan fingerprint density at radius 1 is 1.39 bits per heavy atom. The van der Waals surface area contributed by atoms with Crippen LogP contribution < -0.4 is 15.6 Å². The molecule has 0 aliphatic carbocycles. The topological polar surface area (TPSA) is 70.2 Å². The third-order valence-electron chi connectivity index (χ3n) is 5.71. The third kappa shape index (κ3) is 7.24. The molecule has 0 saturated carbocycles. The molecular weight excluding hydrogens is 388 g/mol. The summed E-state index contributed by atoms with van der Waals surface area (Å²) in [5.41, 5.74) is 2.70. The second-order valence-corrected chi connectivity index (χ2v) is 8.51. The molecule has 1 saturated heterocycles. The minimum Gasteiger partial charge on any atom is -0.494 e. The Labute approximate surface area is 185 Å². The van der Waals surface area contributed by atoms with Crippen molar-refractivity contribution < 1.29 is 4.74 Å². The van der Waals surface area contributed by atoms with Crippen molar-refractivity contribution in [2.75, 3.05) is 31.6 Å². The predicted octanol–water partition coefficient (Wildman–Crippen LogP) is 4.31. The quantitative estimate of drug-likeness (QED) is 0.439. The number of allylic oxidation sites excluding steroid dienone is 2. The van der Waals surface area contributed by atoms with Crippen LogP contribution in [0.1, 0.15) is 49.9 Å². The summed E-state index contributed by atoms with van der Waals surface area (Å²) in [6, 6.07) is 8.42. The smallest absolute Gasteiger partial charge is 0.256 e. The summed E-state index contributed by atoms with van der Waals surface area (Å²) in [6.07, 6.45) is 7.96. The molecule has 0 radical (unpaired) electrons. The molecule has 1 aromatic heterocycles. The zero-order chi connectivity index (χ0) is 22.1. The number of anilines is 1. The first-order valence-corrected chi connectivity index (χ1v) is 11.4. The van der Waals surface area contributed by atoms with Gasteiger partial charge in [-0.3, -0.25) is 14.7 Å². The number of aromatic nitrogens is 2. The van der Waals surface area contributed by atoms with Crippen LogP contribution >= 0.6 is 0 Å². The van der Waals surface area contributed by atoms with E-state index in [1.807, 2.05) is 32.1 Å². The monoisotopic (exact) mass is 424 g/mol. The van der Waals surface area contributed by atoms with Crippen LogP contribution in [0.2, 0.25) is 0 Å². The van der Waals surface area contributed by atoms with Gasteiger partial charge in [-0.15, -0.1) is 0 Å². The Morgan fingerprint density at radius 2 is 2.26 bits per heavy atom. The van der Waals surface area contributed by atoms with Gasteiger partial charge in [0.05, 0.1) is 12.3 Å². The molecule has 0 bridgehead atoms. The minimum atomic E-state index is -0.0794. The van der Waals surface area contributed by atoms with Gasteiger partial charge in [-0.1, -0.05) is 31.2 Å². The summed E-state index contributed by atoms with van der Waals surface area (Å²) in [7, 11) is 0. The van der Waals surface area contributed by atoms with E-state index < -0.39 is 0 Å². The van der Waals surface area contributed by atoms with E-state index in [0.717, 1.165) is 30.3 Å². The van der Waals surface area contributed by atoms with Crippen LogP contribution in [0.5, 0.6) is 5.75 Å². The standard InChI is InChI=1S/C25H36N4O2/c1-4-5-12-23-20(3)27-25(28-24(23)30)26-13-8-15-31-22-11-6-10-21(16-22)18-29-14-7-9-19(2)17-29/h4-6,10-11,16,19H,7-9,12-15,17-18H2,1-3H3,(H2,26,27,28,30)/b5-4+/t19-/m1/s1. The molecule has 168 valence electrons. The van der Waals surface area contributed by atoms with E-state index in [9.17, 15) is 4.79 Å². The number of hydrogen-bond donors (Lipinski definition) is 2. The van der Waals surface area contributed by atoms with Gasteiger partial charge in [-0.05, 0) is 69.7 Å². The number of likely N-dealkylation sites (tertiary alicyclic amines) is 1. The first-order chi connectivity index (χ1) is 15.0. The van der Waals surface area contributed by atoms with Crippen molar-refractivity contribution in [3.8, 4) is 5.75 Å². The number of nitrogens with zero attached hydrogens (tertiary/aromatic N) is 2. The van der Waals surface area contributed by atoms with E-state index in [1.54, 1.807) is 0 Å². The van der Waals surface area contributed by atoms with Gasteiger partial charge in [-0.25, -0.2) is 4.98 Å². The zero-order valence-corrected chi connectivity index (χ0v) is 19.1. The van der Waals surface area contributed by atoms with E-state index in [-0.39, 0.29) is 5.56 Å². The van der Waals surface area contributed by atoms with Crippen LogP contribution in [-0.4, -0.2) is 41.1 Å². The largest absolute Gasteiger partial charge is 0.494 e.